The van der Waals surface area contributed by atoms with Gasteiger partial charge in [0.15, 0.2) is 0 Å². The van der Waals surface area contributed by atoms with E-state index in [4.69, 9.17) is 24.1 Å². The zero-order valence-corrected chi connectivity index (χ0v) is 36.3. The fourth-order valence-electron chi connectivity index (χ4n) is 7.01. The molecule has 17 nitrogen and oxygen atoms in total. The van der Waals surface area contributed by atoms with Crippen LogP contribution in [0.2, 0.25) is 0 Å². The van der Waals surface area contributed by atoms with Crippen LogP contribution in [0.1, 0.15) is 56.1 Å². The van der Waals surface area contributed by atoms with E-state index in [0.29, 0.717) is 23.4 Å². The lowest BCUT2D eigenvalue weighted by Crippen LogP contribution is -2.60. The standard InChI is InChI=1S/C46H52N6O11/c1-29-41(48-42(56)30(2)49(6)45(59)63-46(3,4)5)44(58)51(26-36-35-11-9-8-10-32(35)15-19-39(36)60-7)37-18-12-31(25-47)24-38(37)52(29)43(57)33-13-16-34(17-14-33)50(28-53)20-21-61-22-23-62-27-40(54)55/h8-19,24,28-30,41H,20-23,26-27H2,1-7H3,(H,48,56)(H,54,55)/t29-,30-,41-/m0/s1. The van der Waals surface area contributed by atoms with E-state index in [0.717, 1.165) is 15.7 Å². The SMILES string of the molecule is COc1ccc2ccccc2c1CN1C(=O)[C@@H](NC(=O)[C@H](C)N(C)C(=O)OC(C)(C)C)[C@H](C)N(C(=O)c2ccc(N(C=O)CCOCCOCC(=O)O)cc2)c2cc(C#N)ccc21. The second kappa shape index (κ2) is 20.7. The van der Waals surface area contributed by atoms with Gasteiger partial charge in [-0.15, -0.1) is 0 Å². The van der Waals surface area contributed by atoms with Crippen LogP contribution < -0.4 is 24.8 Å². The van der Waals surface area contributed by atoms with Crippen LogP contribution in [0.25, 0.3) is 10.8 Å². The Morgan fingerprint density at radius 1 is 0.968 bits per heavy atom. The van der Waals surface area contributed by atoms with Gasteiger partial charge in [-0.3, -0.25) is 24.1 Å². The van der Waals surface area contributed by atoms with Crippen molar-refractivity contribution in [2.24, 2.45) is 0 Å². The number of carbonyl (C=O) groups is 6. The van der Waals surface area contributed by atoms with Crippen LogP contribution in [0.4, 0.5) is 21.9 Å². The van der Waals surface area contributed by atoms with Crippen LogP contribution in [0.15, 0.2) is 78.9 Å². The Bertz CT molecular complexity index is 2380. The minimum Gasteiger partial charge on any atom is -0.496 e. The molecule has 4 aromatic rings. The zero-order valence-electron chi connectivity index (χ0n) is 36.3. The third-order valence-corrected chi connectivity index (χ3v) is 10.4. The molecule has 0 aliphatic carbocycles. The highest BCUT2D eigenvalue weighted by atomic mass is 16.6. The molecule has 1 aliphatic rings. The largest absolute Gasteiger partial charge is 0.496 e. The molecule has 0 unspecified atom stereocenters. The number of benzene rings is 4. The second-order valence-electron chi connectivity index (χ2n) is 15.8. The highest BCUT2D eigenvalue weighted by Crippen LogP contribution is 2.40. The molecule has 63 heavy (non-hydrogen) atoms. The van der Waals surface area contributed by atoms with E-state index in [9.17, 15) is 29.2 Å². The third kappa shape index (κ3) is 11.3. The van der Waals surface area contributed by atoms with E-state index in [-0.39, 0.29) is 55.4 Å². The first-order valence-corrected chi connectivity index (χ1v) is 20.2. The topological polar surface area (TPSA) is 208 Å². The van der Waals surface area contributed by atoms with Gasteiger partial charge in [0.1, 0.15) is 30.0 Å². The molecule has 1 aliphatic heterocycles. The highest BCUT2D eigenvalue weighted by Gasteiger charge is 2.44. The van der Waals surface area contributed by atoms with Crippen molar-refractivity contribution in [3.05, 3.63) is 95.6 Å². The van der Waals surface area contributed by atoms with E-state index in [2.05, 4.69) is 11.4 Å². The van der Waals surface area contributed by atoms with Gasteiger partial charge in [0.05, 0.1) is 62.5 Å². The zero-order chi connectivity index (χ0) is 46.0. The first kappa shape index (κ1) is 47.0. The number of ether oxygens (including phenoxy) is 4. The van der Waals surface area contributed by atoms with Crippen LogP contribution in [0.5, 0.6) is 5.75 Å². The normalized spacial score (nSPS) is 15.4. The second-order valence-corrected chi connectivity index (χ2v) is 15.8. The van der Waals surface area contributed by atoms with Gasteiger partial charge < -0.3 is 44.1 Å². The quantitative estimate of drug-likeness (QED) is 0.105. The molecule has 1 heterocycles. The average molecular weight is 865 g/mol. The summed E-state index contributed by atoms with van der Waals surface area (Å²) in [7, 11) is 2.93. The molecule has 17 heteroatoms. The highest BCUT2D eigenvalue weighted by molar-refractivity contribution is 6.14. The summed E-state index contributed by atoms with van der Waals surface area (Å²) in [5.74, 6) is -2.45. The molecule has 0 saturated heterocycles. The lowest BCUT2D eigenvalue weighted by Gasteiger charge is -2.34. The minimum atomic E-state index is -1.39. The van der Waals surface area contributed by atoms with Crippen molar-refractivity contribution in [1.29, 1.82) is 5.26 Å². The molecule has 5 amide bonds. The molecule has 0 fully saturated rings. The lowest BCUT2D eigenvalue weighted by molar-refractivity contribution is -0.142. The number of rotatable bonds is 17. The van der Waals surface area contributed by atoms with Crippen molar-refractivity contribution in [3.8, 4) is 11.8 Å². The first-order chi connectivity index (χ1) is 30.0. The van der Waals surface area contributed by atoms with Crippen LogP contribution in [-0.4, -0.2) is 117 Å². The number of carbonyl (C=O) groups excluding carboxylic acids is 5. The summed E-state index contributed by atoms with van der Waals surface area (Å²) in [6.45, 7) is 8.13. The molecular formula is C46H52N6O11. The lowest BCUT2D eigenvalue weighted by atomic mass is 10.0. The van der Waals surface area contributed by atoms with Crippen molar-refractivity contribution in [1.82, 2.24) is 10.2 Å². The number of amides is 5. The number of nitriles is 1. The summed E-state index contributed by atoms with van der Waals surface area (Å²) >= 11 is 0. The molecule has 2 N–H and O–H groups in total. The predicted molar refractivity (Wildman–Crippen MR) is 234 cm³/mol. The smallest absolute Gasteiger partial charge is 0.410 e. The number of methoxy groups -OCH3 is 1. The van der Waals surface area contributed by atoms with Gasteiger partial charge in [-0.2, -0.15) is 5.26 Å². The first-order valence-electron chi connectivity index (χ1n) is 20.2. The predicted octanol–water partition coefficient (Wildman–Crippen LogP) is 5.12. The van der Waals surface area contributed by atoms with Crippen LogP contribution >= 0.6 is 0 Å². The summed E-state index contributed by atoms with van der Waals surface area (Å²) < 4.78 is 21.7. The maximum atomic E-state index is 15.2. The monoisotopic (exact) mass is 864 g/mol. The molecular weight excluding hydrogens is 813 g/mol. The van der Waals surface area contributed by atoms with Gasteiger partial charge in [0.25, 0.3) is 11.8 Å². The van der Waals surface area contributed by atoms with Crippen LogP contribution in [0.3, 0.4) is 0 Å². The fraction of sp³-hybridized carbons (Fsp3) is 0.370. The number of likely N-dealkylation sites (N-methyl/N-ethyl adjacent to an activating group) is 1. The summed E-state index contributed by atoms with van der Waals surface area (Å²) in [6.07, 6.45) is -0.146. The number of nitrogens with zero attached hydrogens (tertiary/aromatic N) is 5. The Labute approximate surface area is 365 Å². The number of hydrogen-bond donors (Lipinski definition) is 2. The maximum absolute atomic E-state index is 15.2. The summed E-state index contributed by atoms with van der Waals surface area (Å²) in [6, 6.07) is 20.7. The molecule has 0 spiro atoms. The van der Waals surface area contributed by atoms with Crippen molar-refractivity contribution in [2.45, 2.75) is 64.9 Å². The Morgan fingerprint density at radius 3 is 2.32 bits per heavy atom. The van der Waals surface area contributed by atoms with Crippen molar-refractivity contribution in [3.63, 3.8) is 0 Å². The van der Waals surface area contributed by atoms with Crippen molar-refractivity contribution in [2.75, 3.05) is 61.8 Å². The van der Waals surface area contributed by atoms with E-state index in [1.54, 1.807) is 58.0 Å². The van der Waals surface area contributed by atoms with E-state index >= 15 is 4.79 Å². The molecule has 0 aromatic heterocycles. The minimum absolute atomic E-state index is 0.0610. The van der Waals surface area contributed by atoms with Crippen molar-refractivity contribution < 1.29 is 52.8 Å². The van der Waals surface area contributed by atoms with Gasteiger partial charge in [-0.05, 0) is 93.9 Å². The fourth-order valence-corrected chi connectivity index (χ4v) is 7.01. The van der Waals surface area contributed by atoms with Gasteiger partial charge >= 0.3 is 12.1 Å². The van der Waals surface area contributed by atoms with Crippen LogP contribution in [-0.2, 0) is 39.9 Å². The summed E-state index contributed by atoms with van der Waals surface area (Å²) in [5, 5.41) is 23.3. The number of carboxylic acids is 1. The Morgan fingerprint density at radius 2 is 1.67 bits per heavy atom. The summed E-state index contributed by atoms with van der Waals surface area (Å²) in [5.41, 5.74) is 1.13. The average Bonchev–Trinajstić information content (AvgIpc) is 3.34. The number of carboxylic acid groups (broad SMARTS) is 1. The van der Waals surface area contributed by atoms with E-state index in [1.807, 2.05) is 30.3 Å². The Kier molecular flexibility index (Phi) is 15.4. The number of anilines is 3. The van der Waals surface area contributed by atoms with E-state index < -0.39 is 60.1 Å². The Hall–Kier alpha value is -7.03. The maximum Gasteiger partial charge on any atom is 0.410 e. The number of nitrogens with one attached hydrogen (secondary N) is 1. The van der Waals surface area contributed by atoms with Crippen molar-refractivity contribution >= 4 is 64.0 Å². The Balaban J connectivity index is 1.55. The van der Waals surface area contributed by atoms with Gasteiger partial charge in [-0.1, -0.05) is 30.3 Å². The van der Waals surface area contributed by atoms with Gasteiger partial charge in [0, 0.05) is 30.4 Å². The van der Waals surface area contributed by atoms with Crippen LogP contribution in [0, 0.1) is 11.3 Å². The van der Waals surface area contributed by atoms with Gasteiger partial charge in [-0.25, -0.2) is 9.59 Å². The molecule has 332 valence electrons. The molecule has 0 bridgehead atoms. The summed E-state index contributed by atoms with van der Waals surface area (Å²) in [4.78, 5) is 85.3. The molecule has 4 aromatic carbocycles. The number of hydrogen-bond acceptors (Lipinski definition) is 11. The van der Waals surface area contributed by atoms with Gasteiger partial charge in [0.2, 0.25) is 12.3 Å². The van der Waals surface area contributed by atoms with E-state index in [1.165, 1.54) is 54.0 Å². The number of aliphatic carboxylic acids is 1. The third-order valence-electron chi connectivity index (χ3n) is 10.4. The molecule has 5 rings (SSSR count). The molecule has 0 saturated carbocycles. The number of fused-ring (bicyclic) bond motifs is 2. The molecule has 3 atom stereocenters. The molecule has 0 radical (unpaired) electrons.